The molecule has 1 aliphatic heterocycles. The molecule has 2 aromatic rings. The number of hydrogen-bond donors (Lipinski definition) is 1. The van der Waals surface area contributed by atoms with Crippen LogP contribution in [0.1, 0.15) is 24.0 Å². The number of carbonyl (C=O) groups is 2. The maximum absolute atomic E-state index is 12.8. The quantitative estimate of drug-likeness (QED) is 0.851. The van der Waals surface area contributed by atoms with E-state index in [-0.39, 0.29) is 17.6 Å². The predicted octanol–water partition coefficient (Wildman–Crippen LogP) is 3.28. The lowest BCUT2D eigenvalue weighted by atomic mass is 10.2. The molecule has 0 atom stereocenters. The summed E-state index contributed by atoms with van der Waals surface area (Å²) in [5.41, 5.74) is 2.61. The number of nitrogens with one attached hydrogen (secondary N) is 1. The van der Waals surface area contributed by atoms with Gasteiger partial charge in [-0.05, 0) is 47.9 Å². The topological polar surface area (TPSA) is 49.4 Å². The van der Waals surface area contributed by atoms with Gasteiger partial charge in [0.2, 0.25) is 11.8 Å². The molecule has 4 nitrogen and oxygen atoms in total. The number of nitrogens with zero attached hydrogens (tertiary/aromatic N) is 1. The summed E-state index contributed by atoms with van der Waals surface area (Å²) >= 11 is 0. The molecule has 25 heavy (non-hydrogen) atoms. The molecular formula is C20H19FN2O2. The van der Waals surface area contributed by atoms with Gasteiger partial charge in [0.05, 0.1) is 0 Å². The van der Waals surface area contributed by atoms with Gasteiger partial charge < -0.3 is 10.2 Å². The normalized spacial score (nSPS) is 14.3. The third-order valence-corrected chi connectivity index (χ3v) is 4.09. The van der Waals surface area contributed by atoms with Crippen LogP contribution in [-0.4, -0.2) is 18.4 Å². The lowest BCUT2D eigenvalue weighted by Crippen LogP contribution is -2.23. The molecule has 0 aliphatic carbocycles. The minimum atomic E-state index is -0.297. The van der Waals surface area contributed by atoms with Crippen LogP contribution in [0.15, 0.2) is 54.6 Å². The van der Waals surface area contributed by atoms with Gasteiger partial charge in [0.15, 0.2) is 0 Å². The van der Waals surface area contributed by atoms with Crippen molar-refractivity contribution in [2.75, 3.05) is 11.4 Å². The Labute approximate surface area is 146 Å². The maximum atomic E-state index is 12.8. The second kappa shape index (κ2) is 7.75. The Morgan fingerprint density at radius 1 is 1.12 bits per heavy atom. The Bertz CT molecular complexity index is 782. The molecule has 2 aromatic carbocycles. The molecule has 0 aromatic heterocycles. The van der Waals surface area contributed by atoms with Crippen LogP contribution in [0.25, 0.3) is 6.08 Å². The molecule has 0 spiro atoms. The Hall–Kier alpha value is -2.95. The number of amides is 2. The van der Waals surface area contributed by atoms with E-state index < -0.39 is 0 Å². The van der Waals surface area contributed by atoms with Gasteiger partial charge in [-0.1, -0.05) is 24.3 Å². The van der Waals surface area contributed by atoms with Crippen molar-refractivity contribution in [2.24, 2.45) is 0 Å². The van der Waals surface area contributed by atoms with Gasteiger partial charge in [0, 0.05) is 31.3 Å². The van der Waals surface area contributed by atoms with Crippen LogP contribution in [0.4, 0.5) is 10.1 Å². The van der Waals surface area contributed by atoms with Gasteiger partial charge in [-0.3, -0.25) is 9.59 Å². The van der Waals surface area contributed by atoms with E-state index in [9.17, 15) is 14.0 Å². The van der Waals surface area contributed by atoms with Gasteiger partial charge >= 0.3 is 0 Å². The molecular weight excluding hydrogens is 319 g/mol. The lowest BCUT2D eigenvalue weighted by molar-refractivity contribution is -0.117. The molecule has 1 aliphatic rings. The average molecular weight is 338 g/mol. The molecule has 0 radical (unpaired) electrons. The summed E-state index contributed by atoms with van der Waals surface area (Å²) in [7, 11) is 0. The maximum Gasteiger partial charge on any atom is 0.244 e. The Kier molecular flexibility index (Phi) is 5.23. The summed E-state index contributed by atoms with van der Waals surface area (Å²) in [6, 6.07) is 13.5. The second-order valence-corrected chi connectivity index (χ2v) is 5.92. The Balaban J connectivity index is 1.53. The van der Waals surface area contributed by atoms with E-state index in [1.54, 1.807) is 23.1 Å². The van der Waals surface area contributed by atoms with Crippen LogP contribution >= 0.6 is 0 Å². The first-order valence-corrected chi connectivity index (χ1v) is 8.22. The van der Waals surface area contributed by atoms with Gasteiger partial charge in [-0.2, -0.15) is 0 Å². The van der Waals surface area contributed by atoms with Crippen molar-refractivity contribution in [2.45, 2.75) is 19.4 Å². The van der Waals surface area contributed by atoms with E-state index in [1.807, 2.05) is 24.3 Å². The molecule has 2 amide bonds. The third kappa shape index (κ3) is 4.53. The van der Waals surface area contributed by atoms with Crippen molar-refractivity contribution in [1.82, 2.24) is 5.32 Å². The number of carbonyl (C=O) groups excluding carboxylic acids is 2. The SMILES string of the molecule is O=C(/C=C/c1ccc(N2CCCC2=O)cc1)NCc1ccc(F)cc1. The summed E-state index contributed by atoms with van der Waals surface area (Å²) in [6.07, 6.45) is 4.68. The molecule has 3 rings (SSSR count). The molecule has 1 heterocycles. The molecule has 0 unspecified atom stereocenters. The van der Waals surface area contributed by atoms with E-state index in [1.165, 1.54) is 18.2 Å². The second-order valence-electron chi connectivity index (χ2n) is 5.92. The van der Waals surface area contributed by atoms with Gasteiger partial charge in [-0.15, -0.1) is 0 Å². The van der Waals surface area contributed by atoms with E-state index >= 15 is 0 Å². The minimum absolute atomic E-state index is 0.156. The fourth-order valence-electron chi connectivity index (χ4n) is 2.71. The van der Waals surface area contributed by atoms with Crippen LogP contribution in [0.5, 0.6) is 0 Å². The molecule has 1 fully saturated rings. The third-order valence-electron chi connectivity index (χ3n) is 4.09. The summed E-state index contributed by atoms with van der Waals surface area (Å²) < 4.78 is 12.8. The van der Waals surface area contributed by atoms with Crippen LogP contribution < -0.4 is 10.2 Å². The highest BCUT2D eigenvalue weighted by molar-refractivity contribution is 5.95. The van der Waals surface area contributed by atoms with E-state index in [4.69, 9.17) is 0 Å². The average Bonchev–Trinajstić information content (AvgIpc) is 3.06. The highest BCUT2D eigenvalue weighted by Crippen LogP contribution is 2.21. The van der Waals surface area contributed by atoms with Crippen molar-refractivity contribution in [3.8, 4) is 0 Å². The predicted molar refractivity (Wildman–Crippen MR) is 95.3 cm³/mol. The standard InChI is InChI=1S/C20H19FN2O2/c21-17-8-3-16(4-9-17)14-22-19(24)12-7-15-5-10-18(11-6-15)23-13-1-2-20(23)25/h3-12H,1-2,13-14H2,(H,22,24)/b12-7+. The molecule has 128 valence electrons. The first-order valence-electron chi connectivity index (χ1n) is 8.22. The first-order chi connectivity index (χ1) is 12.1. The zero-order valence-corrected chi connectivity index (χ0v) is 13.7. The number of benzene rings is 2. The number of hydrogen-bond acceptors (Lipinski definition) is 2. The molecule has 0 bridgehead atoms. The van der Waals surface area contributed by atoms with Crippen molar-refractivity contribution >= 4 is 23.6 Å². The Morgan fingerprint density at radius 3 is 2.48 bits per heavy atom. The van der Waals surface area contributed by atoms with Crippen LogP contribution in [0.2, 0.25) is 0 Å². The summed E-state index contributed by atoms with van der Waals surface area (Å²) in [6.45, 7) is 1.11. The van der Waals surface area contributed by atoms with E-state index in [2.05, 4.69) is 5.32 Å². The minimum Gasteiger partial charge on any atom is -0.348 e. The van der Waals surface area contributed by atoms with Crippen molar-refractivity contribution in [1.29, 1.82) is 0 Å². The largest absolute Gasteiger partial charge is 0.348 e. The zero-order valence-electron chi connectivity index (χ0n) is 13.7. The van der Waals surface area contributed by atoms with Gasteiger partial charge in [0.1, 0.15) is 5.82 Å². The fourth-order valence-corrected chi connectivity index (χ4v) is 2.71. The molecule has 5 heteroatoms. The molecule has 0 saturated carbocycles. The van der Waals surface area contributed by atoms with Crippen molar-refractivity contribution < 1.29 is 14.0 Å². The Morgan fingerprint density at radius 2 is 1.84 bits per heavy atom. The molecule has 1 saturated heterocycles. The summed E-state index contributed by atoms with van der Waals surface area (Å²) in [4.78, 5) is 25.4. The zero-order chi connectivity index (χ0) is 17.6. The smallest absolute Gasteiger partial charge is 0.244 e. The highest BCUT2D eigenvalue weighted by atomic mass is 19.1. The van der Waals surface area contributed by atoms with Crippen LogP contribution in [0.3, 0.4) is 0 Å². The monoisotopic (exact) mass is 338 g/mol. The van der Waals surface area contributed by atoms with Gasteiger partial charge in [-0.25, -0.2) is 4.39 Å². The lowest BCUT2D eigenvalue weighted by Gasteiger charge is -2.15. The van der Waals surface area contributed by atoms with Crippen LogP contribution in [0, 0.1) is 5.82 Å². The summed E-state index contributed by atoms with van der Waals surface area (Å²) in [5.74, 6) is -0.361. The number of halogens is 1. The number of anilines is 1. The summed E-state index contributed by atoms with van der Waals surface area (Å²) in [5, 5.41) is 2.75. The highest BCUT2D eigenvalue weighted by Gasteiger charge is 2.21. The number of rotatable bonds is 5. The van der Waals surface area contributed by atoms with Gasteiger partial charge in [0.25, 0.3) is 0 Å². The van der Waals surface area contributed by atoms with E-state index in [0.29, 0.717) is 13.0 Å². The molecule has 1 N–H and O–H groups in total. The van der Waals surface area contributed by atoms with Crippen LogP contribution in [-0.2, 0) is 16.1 Å². The van der Waals surface area contributed by atoms with Crippen molar-refractivity contribution in [3.63, 3.8) is 0 Å². The fraction of sp³-hybridized carbons (Fsp3) is 0.200. The van der Waals surface area contributed by atoms with Crippen molar-refractivity contribution in [3.05, 3.63) is 71.6 Å². The van der Waals surface area contributed by atoms with E-state index in [0.717, 1.165) is 29.8 Å². The first kappa shape index (κ1) is 16.9.